The number of nitrogens with two attached hydrogens (primary N) is 1. The second-order valence-electron chi connectivity index (χ2n) is 5.12. The molecule has 0 bridgehead atoms. The Morgan fingerprint density at radius 3 is 2.59 bits per heavy atom. The molecule has 0 fully saturated rings. The van der Waals surface area contributed by atoms with E-state index in [-0.39, 0.29) is 6.04 Å². The lowest BCUT2D eigenvalue weighted by molar-refractivity contribution is 0.407. The Morgan fingerprint density at radius 1 is 1.09 bits per heavy atom. The number of ether oxygens (including phenoxy) is 1. The van der Waals surface area contributed by atoms with Gasteiger partial charge in [-0.1, -0.05) is 48.5 Å². The van der Waals surface area contributed by atoms with E-state index in [1.54, 1.807) is 13.3 Å². The number of hydrogen-bond donors (Lipinski definition) is 1. The first-order valence-electron chi connectivity index (χ1n) is 7.23. The van der Waals surface area contributed by atoms with Crippen molar-refractivity contribution in [1.82, 2.24) is 9.55 Å². The average Bonchev–Trinajstić information content (AvgIpc) is 3.03. The van der Waals surface area contributed by atoms with Crippen molar-refractivity contribution >= 4 is 0 Å². The van der Waals surface area contributed by atoms with Gasteiger partial charge < -0.3 is 15.0 Å². The largest absolute Gasteiger partial charge is 0.496 e. The maximum Gasteiger partial charge on any atom is 0.130 e. The van der Waals surface area contributed by atoms with Crippen LogP contribution in [0.15, 0.2) is 67.0 Å². The zero-order chi connectivity index (χ0) is 15.4. The van der Waals surface area contributed by atoms with E-state index in [9.17, 15) is 0 Å². The van der Waals surface area contributed by atoms with Crippen molar-refractivity contribution in [1.29, 1.82) is 0 Å². The van der Waals surface area contributed by atoms with Crippen LogP contribution in [0.5, 0.6) is 5.75 Å². The van der Waals surface area contributed by atoms with E-state index in [2.05, 4.69) is 21.7 Å². The predicted octanol–water partition coefficient (Wildman–Crippen LogP) is 2.99. The lowest BCUT2D eigenvalue weighted by Crippen LogP contribution is -2.19. The third-order valence-electron chi connectivity index (χ3n) is 3.70. The quantitative estimate of drug-likeness (QED) is 0.787. The molecule has 0 saturated heterocycles. The summed E-state index contributed by atoms with van der Waals surface area (Å²) in [6.45, 7) is 0.749. The second kappa shape index (κ2) is 6.45. The smallest absolute Gasteiger partial charge is 0.130 e. The highest BCUT2D eigenvalue weighted by molar-refractivity contribution is 5.38. The first-order chi connectivity index (χ1) is 10.8. The molecule has 2 aromatic carbocycles. The van der Waals surface area contributed by atoms with Crippen molar-refractivity contribution in [3.05, 3.63) is 83.9 Å². The zero-order valence-electron chi connectivity index (χ0n) is 12.5. The third kappa shape index (κ3) is 2.87. The van der Waals surface area contributed by atoms with Gasteiger partial charge in [-0.15, -0.1) is 0 Å². The Hall–Kier alpha value is -2.59. The molecule has 1 atom stereocenters. The Kier molecular flexibility index (Phi) is 4.21. The molecule has 4 nitrogen and oxygen atoms in total. The molecule has 0 aliphatic carbocycles. The fraction of sp³-hybridized carbons (Fsp3) is 0.167. The van der Waals surface area contributed by atoms with Gasteiger partial charge in [-0.2, -0.15) is 0 Å². The summed E-state index contributed by atoms with van der Waals surface area (Å²) in [5, 5.41) is 0. The minimum absolute atomic E-state index is 0.324. The summed E-state index contributed by atoms with van der Waals surface area (Å²) >= 11 is 0. The third-order valence-corrected chi connectivity index (χ3v) is 3.70. The molecule has 1 unspecified atom stereocenters. The van der Waals surface area contributed by atoms with Gasteiger partial charge in [0.1, 0.15) is 11.6 Å². The molecule has 2 N–H and O–H groups in total. The summed E-state index contributed by atoms with van der Waals surface area (Å²) in [5.41, 5.74) is 8.58. The lowest BCUT2D eigenvalue weighted by Gasteiger charge is -2.17. The summed E-state index contributed by atoms with van der Waals surface area (Å²) in [6.07, 6.45) is 3.74. The van der Waals surface area contributed by atoms with Crippen LogP contribution < -0.4 is 10.5 Å². The van der Waals surface area contributed by atoms with Gasteiger partial charge in [0.2, 0.25) is 0 Å². The molecule has 0 aliphatic rings. The van der Waals surface area contributed by atoms with Gasteiger partial charge in [0, 0.05) is 24.5 Å². The Balaban J connectivity index is 1.91. The van der Waals surface area contributed by atoms with E-state index < -0.39 is 0 Å². The molecule has 3 rings (SSSR count). The van der Waals surface area contributed by atoms with Crippen LogP contribution in [-0.2, 0) is 6.54 Å². The molecule has 0 amide bonds. The Bertz CT molecular complexity index is 737. The monoisotopic (exact) mass is 293 g/mol. The molecule has 112 valence electrons. The molecular formula is C18H19N3O. The topological polar surface area (TPSA) is 53.1 Å². The fourth-order valence-electron chi connectivity index (χ4n) is 2.58. The number of hydrogen-bond acceptors (Lipinski definition) is 3. The fourth-order valence-corrected chi connectivity index (χ4v) is 2.58. The van der Waals surface area contributed by atoms with Crippen molar-refractivity contribution in [2.45, 2.75) is 12.6 Å². The number of nitrogens with zero attached hydrogens (tertiary/aromatic N) is 2. The average molecular weight is 293 g/mol. The van der Waals surface area contributed by atoms with Crippen LogP contribution in [0.25, 0.3) is 0 Å². The number of aromatic nitrogens is 2. The van der Waals surface area contributed by atoms with Crippen LogP contribution in [0.3, 0.4) is 0 Å². The maximum atomic E-state index is 6.43. The number of para-hydroxylation sites is 1. The van der Waals surface area contributed by atoms with E-state index in [1.165, 1.54) is 5.56 Å². The Labute approximate surface area is 130 Å². The van der Waals surface area contributed by atoms with Crippen LogP contribution in [-0.4, -0.2) is 16.7 Å². The van der Waals surface area contributed by atoms with E-state index in [0.29, 0.717) is 0 Å². The normalized spacial score (nSPS) is 12.1. The highest BCUT2D eigenvalue weighted by atomic mass is 16.5. The molecule has 0 spiro atoms. The molecular weight excluding hydrogens is 274 g/mol. The van der Waals surface area contributed by atoms with Gasteiger partial charge in [-0.25, -0.2) is 4.98 Å². The summed E-state index contributed by atoms with van der Waals surface area (Å²) in [7, 11) is 1.65. The predicted molar refractivity (Wildman–Crippen MR) is 86.8 cm³/mol. The van der Waals surface area contributed by atoms with Crippen molar-refractivity contribution in [3.8, 4) is 5.75 Å². The highest BCUT2D eigenvalue weighted by Gasteiger charge is 2.18. The maximum absolute atomic E-state index is 6.43. The van der Waals surface area contributed by atoms with Crippen LogP contribution in [0.2, 0.25) is 0 Å². The standard InChI is InChI=1S/C18H19N3O/c1-22-16-10-6-5-9-15(16)17(19)18-20-11-12-21(18)13-14-7-3-2-4-8-14/h2-12,17H,13,19H2,1H3. The first-order valence-corrected chi connectivity index (χ1v) is 7.23. The minimum Gasteiger partial charge on any atom is -0.496 e. The van der Waals surface area contributed by atoms with Crippen LogP contribution in [0.1, 0.15) is 23.0 Å². The molecule has 1 heterocycles. The van der Waals surface area contributed by atoms with Gasteiger partial charge in [0.05, 0.1) is 13.2 Å². The molecule has 0 radical (unpaired) electrons. The van der Waals surface area contributed by atoms with Crippen molar-refractivity contribution < 1.29 is 4.74 Å². The van der Waals surface area contributed by atoms with Crippen LogP contribution >= 0.6 is 0 Å². The first kappa shape index (κ1) is 14.4. The molecule has 4 heteroatoms. The molecule has 0 aliphatic heterocycles. The zero-order valence-corrected chi connectivity index (χ0v) is 12.5. The lowest BCUT2D eigenvalue weighted by atomic mass is 10.1. The number of benzene rings is 2. The Morgan fingerprint density at radius 2 is 1.82 bits per heavy atom. The van der Waals surface area contributed by atoms with Crippen LogP contribution in [0.4, 0.5) is 0 Å². The van der Waals surface area contributed by atoms with E-state index in [0.717, 1.165) is 23.7 Å². The molecule has 22 heavy (non-hydrogen) atoms. The van der Waals surface area contributed by atoms with Crippen LogP contribution in [0, 0.1) is 0 Å². The molecule has 0 saturated carbocycles. The second-order valence-corrected chi connectivity index (χ2v) is 5.12. The summed E-state index contributed by atoms with van der Waals surface area (Å²) in [4.78, 5) is 4.45. The summed E-state index contributed by atoms with van der Waals surface area (Å²) in [5.74, 6) is 1.61. The van der Waals surface area contributed by atoms with Gasteiger partial charge in [0.15, 0.2) is 0 Å². The van der Waals surface area contributed by atoms with Crippen molar-refractivity contribution in [2.24, 2.45) is 5.73 Å². The highest BCUT2D eigenvalue weighted by Crippen LogP contribution is 2.27. The number of imidazole rings is 1. The molecule has 1 aromatic heterocycles. The van der Waals surface area contributed by atoms with E-state index >= 15 is 0 Å². The van der Waals surface area contributed by atoms with Gasteiger partial charge in [-0.05, 0) is 11.6 Å². The summed E-state index contributed by atoms with van der Waals surface area (Å²) in [6, 6.07) is 17.7. The SMILES string of the molecule is COc1ccccc1C(N)c1nccn1Cc1ccccc1. The van der Waals surface area contributed by atoms with Gasteiger partial charge in [-0.3, -0.25) is 0 Å². The minimum atomic E-state index is -0.324. The van der Waals surface area contributed by atoms with Crippen molar-refractivity contribution in [3.63, 3.8) is 0 Å². The van der Waals surface area contributed by atoms with Gasteiger partial charge in [0.25, 0.3) is 0 Å². The number of rotatable bonds is 5. The van der Waals surface area contributed by atoms with E-state index in [1.807, 2.05) is 48.7 Å². The van der Waals surface area contributed by atoms with Crippen molar-refractivity contribution in [2.75, 3.05) is 7.11 Å². The number of methoxy groups -OCH3 is 1. The van der Waals surface area contributed by atoms with E-state index in [4.69, 9.17) is 10.5 Å². The molecule has 3 aromatic rings. The van der Waals surface area contributed by atoms with Gasteiger partial charge >= 0.3 is 0 Å². The summed E-state index contributed by atoms with van der Waals surface area (Å²) < 4.78 is 7.48.